The number of hydrogen-bond acceptors (Lipinski definition) is 5. The van der Waals surface area contributed by atoms with Crippen molar-refractivity contribution >= 4 is 17.8 Å². The predicted molar refractivity (Wildman–Crippen MR) is 215 cm³/mol. The molecule has 0 aliphatic carbocycles. The van der Waals surface area contributed by atoms with Crippen molar-refractivity contribution < 1.29 is 24.2 Å². The molecular formula is C44H74N2O5. The largest absolute Gasteiger partial charge is 0.480 e. The predicted octanol–water partition coefficient (Wildman–Crippen LogP) is 11.2. The fourth-order valence-corrected chi connectivity index (χ4v) is 5.45. The minimum Gasteiger partial charge on any atom is -0.480 e. The third-order valence-electron chi connectivity index (χ3n) is 8.49. The summed E-state index contributed by atoms with van der Waals surface area (Å²) in [4.78, 5) is 36.3. The number of allylic oxidation sites excluding steroid dienone is 11. The second-order valence-corrected chi connectivity index (χ2v) is 13.3. The third kappa shape index (κ3) is 35.0. The van der Waals surface area contributed by atoms with Gasteiger partial charge in [0.2, 0.25) is 5.91 Å². The number of nitrogens with one attached hydrogen (secondary N) is 1. The van der Waals surface area contributed by atoms with Crippen molar-refractivity contribution in [1.82, 2.24) is 5.32 Å². The summed E-state index contributed by atoms with van der Waals surface area (Å²) in [7, 11) is 0. The van der Waals surface area contributed by atoms with Crippen LogP contribution in [0.4, 0.5) is 0 Å². The van der Waals surface area contributed by atoms with Crippen LogP contribution in [0.25, 0.3) is 0 Å². The molecule has 4 N–H and O–H groups in total. The minimum absolute atomic E-state index is 0.130. The van der Waals surface area contributed by atoms with Crippen LogP contribution in [-0.4, -0.2) is 41.6 Å². The number of nitrogens with two attached hydrogens (primary N) is 1. The number of carboxylic acids is 1. The molecule has 0 rings (SSSR count). The molecule has 0 aliphatic heterocycles. The van der Waals surface area contributed by atoms with Gasteiger partial charge in [-0.2, -0.15) is 0 Å². The smallest absolute Gasteiger partial charge is 0.326 e. The van der Waals surface area contributed by atoms with Gasteiger partial charge >= 0.3 is 11.9 Å². The molecule has 1 amide bonds. The Hall–Kier alpha value is -3.19. The van der Waals surface area contributed by atoms with E-state index in [-0.39, 0.29) is 18.0 Å². The molecule has 2 unspecified atom stereocenters. The molecule has 0 heterocycles. The van der Waals surface area contributed by atoms with Gasteiger partial charge in [-0.1, -0.05) is 126 Å². The molecule has 0 saturated carbocycles. The van der Waals surface area contributed by atoms with Gasteiger partial charge in [-0.15, -0.1) is 0 Å². The van der Waals surface area contributed by atoms with Crippen LogP contribution in [0.15, 0.2) is 72.9 Å². The first-order valence-electron chi connectivity index (χ1n) is 20.3. The Morgan fingerprint density at radius 3 is 1.73 bits per heavy atom. The van der Waals surface area contributed by atoms with Crippen molar-refractivity contribution in [1.29, 1.82) is 0 Å². The van der Waals surface area contributed by atoms with Crippen molar-refractivity contribution in [3.63, 3.8) is 0 Å². The molecule has 7 heteroatoms. The number of ether oxygens (including phenoxy) is 1. The van der Waals surface area contributed by atoms with Gasteiger partial charge in [-0.25, -0.2) is 4.79 Å². The highest BCUT2D eigenvalue weighted by molar-refractivity contribution is 5.83. The van der Waals surface area contributed by atoms with Crippen LogP contribution in [0.2, 0.25) is 0 Å². The highest BCUT2D eigenvalue weighted by Crippen LogP contribution is 2.14. The molecule has 51 heavy (non-hydrogen) atoms. The number of carbonyl (C=O) groups excluding carboxylic acids is 2. The second kappa shape index (κ2) is 38.1. The summed E-state index contributed by atoms with van der Waals surface area (Å²) in [6, 6.07) is -0.879. The lowest BCUT2D eigenvalue weighted by Gasteiger charge is -2.15. The summed E-state index contributed by atoms with van der Waals surface area (Å²) in [6.07, 6.45) is 48.1. The van der Waals surface area contributed by atoms with Crippen molar-refractivity contribution in [3.05, 3.63) is 72.9 Å². The third-order valence-corrected chi connectivity index (χ3v) is 8.49. The second-order valence-electron chi connectivity index (χ2n) is 13.3. The van der Waals surface area contributed by atoms with E-state index in [1.54, 1.807) is 0 Å². The molecule has 0 aromatic rings. The molecule has 0 aromatic carbocycles. The molecule has 0 aliphatic rings. The van der Waals surface area contributed by atoms with Gasteiger partial charge in [0.15, 0.2) is 0 Å². The molecular weight excluding hydrogens is 636 g/mol. The van der Waals surface area contributed by atoms with Crippen LogP contribution in [0.3, 0.4) is 0 Å². The van der Waals surface area contributed by atoms with Crippen LogP contribution in [0, 0.1) is 0 Å². The molecule has 2 atom stereocenters. The maximum atomic E-state index is 12.7. The zero-order valence-electron chi connectivity index (χ0n) is 32.4. The summed E-state index contributed by atoms with van der Waals surface area (Å²) >= 11 is 0. The number of amides is 1. The zero-order valence-corrected chi connectivity index (χ0v) is 32.4. The number of aliphatic carboxylic acids is 1. The quantitative estimate of drug-likeness (QED) is 0.0342. The maximum Gasteiger partial charge on any atom is 0.326 e. The number of carbonyl (C=O) groups is 3. The summed E-state index contributed by atoms with van der Waals surface area (Å²) in [5, 5.41) is 11.9. The number of esters is 1. The normalized spacial score (nSPS) is 13.5. The standard InChI is InChI=1S/C44H74N2O5/c1-3-5-7-9-11-13-14-15-16-17-18-19-20-22-24-26-32-38-43(48)51-40(34-29-25-23-21-12-10-8-6-4-2)35-30-27-28-31-37-42(47)46-41(44(49)50)36-33-39-45/h5,7,11,13,15-16,18-19,21,23,29,34,40-41H,3-4,6,8-10,12,14,17,20,22,24-28,30-33,35-39,45H2,1-2H3,(H,46,47)(H,49,50)/b7-5-,13-11-,16-15-,19-18-,23-21-,34-29-. The SMILES string of the molecule is CC/C=C\C/C=C\C/C=C\C/C=C\CCCCCCC(=O)OC(/C=C\C/C=C\CCCCCC)CCCCCCC(=O)NC(CCCN)C(=O)O. The molecule has 290 valence electrons. The van der Waals surface area contributed by atoms with E-state index in [4.69, 9.17) is 10.5 Å². The van der Waals surface area contributed by atoms with Gasteiger partial charge in [0.1, 0.15) is 12.1 Å². The lowest BCUT2D eigenvalue weighted by molar-refractivity contribution is -0.147. The molecule has 0 radical (unpaired) electrons. The van der Waals surface area contributed by atoms with Crippen LogP contribution in [0.5, 0.6) is 0 Å². The number of hydrogen-bond donors (Lipinski definition) is 3. The van der Waals surface area contributed by atoms with E-state index in [0.717, 1.165) is 96.3 Å². The van der Waals surface area contributed by atoms with Crippen molar-refractivity contribution in [2.45, 2.75) is 180 Å². The first-order chi connectivity index (χ1) is 24.9. The molecule has 7 nitrogen and oxygen atoms in total. The van der Waals surface area contributed by atoms with Gasteiger partial charge in [0.25, 0.3) is 0 Å². The van der Waals surface area contributed by atoms with Gasteiger partial charge in [-0.05, 0) is 109 Å². The van der Waals surface area contributed by atoms with Crippen LogP contribution >= 0.6 is 0 Å². The fraction of sp³-hybridized carbons (Fsp3) is 0.659. The van der Waals surface area contributed by atoms with E-state index in [1.807, 2.05) is 6.08 Å². The minimum atomic E-state index is -1.02. The monoisotopic (exact) mass is 711 g/mol. The number of carboxylic acid groups (broad SMARTS) is 1. The number of unbranched alkanes of at least 4 members (excludes halogenated alkanes) is 11. The molecule has 0 spiro atoms. The summed E-state index contributed by atoms with van der Waals surface area (Å²) in [5.74, 6) is -1.39. The van der Waals surface area contributed by atoms with Crippen LogP contribution in [0.1, 0.15) is 168 Å². The van der Waals surface area contributed by atoms with Crippen LogP contribution < -0.4 is 11.1 Å². The highest BCUT2D eigenvalue weighted by Gasteiger charge is 2.19. The fourth-order valence-electron chi connectivity index (χ4n) is 5.45. The topological polar surface area (TPSA) is 119 Å². The van der Waals surface area contributed by atoms with Gasteiger partial charge < -0.3 is 20.9 Å². The Morgan fingerprint density at radius 1 is 0.608 bits per heavy atom. The first kappa shape index (κ1) is 47.8. The molecule has 0 aromatic heterocycles. The lowest BCUT2D eigenvalue weighted by atomic mass is 10.1. The Morgan fingerprint density at radius 2 is 1.14 bits per heavy atom. The van der Waals surface area contributed by atoms with E-state index in [1.165, 1.54) is 25.7 Å². The van der Waals surface area contributed by atoms with Crippen LogP contribution in [-0.2, 0) is 19.1 Å². The zero-order chi connectivity index (χ0) is 37.5. The van der Waals surface area contributed by atoms with E-state index in [9.17, 15) is 19.5 Å². The van der Waals surface area contributed by atoms with Crippen molar-refractivity contribution in [3.8, 4) is 0 Å². The van der Waals surface area contributed by atoms with Crippen molar-refractivity contribution in [2.24, 2.45) is 5.73 Å². The Balaban J connectivity index is 4.42. The first-order valence-corrected chi connectivity index (χ1v) is 20.3. The highest BCUT2D eigenvalue weighted by atomic mass is 16.5. The van der Waals surface area contributed by atoms with Crippen molar-refractivity contribution in [2.75, 3.05) is 6.54 Å². The number of rotatable bonds is 35. The van der Waals surface area contributed by atoms with E-state index in [0.29, 0.717) is 38.6 Å². The summed E-state index contributed by atoms with van der Waals surface area (Å²) in [5.41, 5.74) is 5.47. The van der Waals surface area contributed by atoms with Gasteiger partial charge in [-0.3, -0.25) is 9.59 Å². The van der Waals surface area contributed by atoms with E-state index in [2.05, 4.69) is 86.0 Å². The molecule has 0 saturated heterocycles. The average molecular weight is 711 g/mol. The van der Waals surface area contributed by atoms with Gasteiger partial charge in [0, 0.05) is 12.8 Å². The Labute approximate surface area is 312 Å². The van der Waals surface area contributed by atoms with E-state index >= 15 is 0 Å². The Kier molecular flexibility index (Phi) is 35.7. The lowest BCUT2D eigenvalue weighted by Crippen LogP contribution is -2.40. The van der Waals surface area contributed by atoms with E-state index < -0.39 is 12.0 Å². The molecule has 0 bridgehead atoms. The summed E-state index contributed by atoms with van der Waals surface area (Å²) in [6.45, 7) is 4.77. The Bertz CT molecular complexity index is 1030. The maximum absolute atomic E-state index is 12.7. The summed E-state index contributed by atoms with van der Waals surface area (Å²) < 4.78 is 5.89. The van der Waals surface area contributed by atoms with Gasteiger partial charge in [0.05, 0.1) is 0 Å². The average Bonchev–Trinajstić information content (AvgIpc) is 3.11. The molecule has 0 fully saturated rings.